The summed E-state index contributed by atoms with van der Waals surface area (Å²) in [5, 5.41) is 0.762. The first-order chi connectivity index (χ1) is 7.68. The number of aryl methyl sites for hydroxylation is 2. The first-order valence-electron chi connectivity index (χ1n) is 5.84. The van der Waals surface area contributed by atoms with Gasteiger partial charge in [0.15, 0.2) is 0 Å². The fraction of sp³-hybridized carbons (Fsp3) is 0.429. The highest BCUT2D eigenvalue weighted by Crippen LogP contribution is 2.29. The molecule has 16 heavy (non-hydrogen) atoms. The van der Waals surface area contributed by atoms with E-state index in [-0.39, 0.29) is 5.82 Å². The van der Waals surface area contributed by atoms with Crippen molar-refractivity contribution in [2.24, 2.45) is 0 Å². The molecule has 0 radical (unpaired) electrons. The van der Waals surface area contributed by atoms with Crippen LogP contribution in [0.15, 0.2) is 18.2 Å². The molecule has 0 saturated carbocycles. The number of hydrogen-bond donors (Lipinski definition) is 0. The topological polar surface area (TPSA) is 0 Å². The van der Waals surface area contributed by atoms with E-state index in [4.69, 9.17) is 0 Å². The van der Waals surface area contributed by atoms with Gasteiger partial charge in [0.1, 0.15) is 5.82 Å². The summed E-state index contributed by atoms with van der Waals surface area (Å²) in [6, 6.07) is 5.89. The second kappa shape index (κ2) is 7.39. The number of fused-ring (bicyclic) bond motifs is 1. The minimum Gasteiger partial charge on any atom is -0.205 e. The Kier molecular flexibility index (Phi) is 6.98. The van der Waals surface area contributed by atoms with Gasteiger partial charge in [0, 0.05) is 15.0 Å². The average Bonchev–Trinajstić information content (AvgIpc) is 2.61. The summed E-state index contributed by atoms with van der Waals surface area (Å²) in [4.78, 5) is 0.774. The van der Waals surface area contributed by atoms with Crippen molar-refractivity contribution >= 4 is 21.4 Å². The van der Waals surface area contributed by atoms with Gasteiger partial charge in [-0.05, 0) is 26.0 Å². The van der Waals surface area contributed by atoms with E-state index < -0.39 is 0 Å². The minimum absolute atomic E-state index is 0.0568. The van der Waals surface area contributed by atoms with Crippen LogP contribution in [0.1, 0.15) is 38.1 Å². The zero-order valence-corrected chi connectivity index (χ0v) is 11.8. The van der Waals surface area contributed by atoms with Crippen molar-refractivity contribution in [3.8, 4) is 0 Å². The van der Waals surface area contributed by atoms with E-state index >= 15 is 0 Å². The summed E-state index contributed by atoms with van der Waals surface area (Å²) >= 11 is 1.51. The average molecular weight is 240 g/mol. The van der Waals surface area contributed by atoms with Gasteiger partial charge in [-0.1, -0.05) is 39.3 Å². The van der Waals surface area contributed by atoms with Gasteiger partial charge in [-0.25, -0.2) is 4.39 Å². The van der Waals surface area contributed by atoms with Crippen LogP contribution in [0.5, 0.6) is 0 Å². The van der Waals surface area contributed by atoms with Crippen LogP contribution in [0.4, 0.5) is 4.39 Å². The summed E-state index contributed by atoms with van der Waals surface area (Å²) < 4.78 is 14.4. The summed E-state index contributed by atoms with van der Waals surface area (Å²) in [6.45, 7) is 11.8. The maximum atomic E-state index is 13.3. The minimum atomic E-state index is -0.0568. The second-order valence-electron chi connectivity index (χ2n) is 2.97. The van der Waals surface area contributed by atoms with Crippen LogP contribution in [0.25, 0.3) is 10.1 Å². The van der Waals surface area contributed by atoms with Crippen molar-refractivity contribution in [3.05, 3.63) is 34.5 Å². The van der Waals surface area contributed by atoms with E-state index in [9.17, 15) is 4.39 Å². The third-order valence-electron chi connectivity index (χ3n) is 1.94. The molecule has 2 rings (SSSR count). The van der Waals surface area contributed by atoms with Crippen LogP contribution in [0.3, 0.4) is 0 Å². The number of rotatable bonds is 0. The zero-order chi connectivity index (χ0) is 12.7. The predicted molar refractivity (Wildman–Crippen MR) is 74.0 cm³/mol. The molecule has 0 N–H and O–H groups in total. The van der Waals surface area contributed by atoms with Crippen LogP contribution >= 0.6 is 11.3 Å². The Hall–Kier alpha value is -0.890. The number of thiophene rings is 1. The largest absolute Gasteiger partial charge is 0.205 e. The Morgan fingerprint density at radius 1 is 1.00 bits per heavy atom. The van der Waals surface area contributed by atoms with Crippen molar-refractivity contribution in [1.29, 1.82) is 0 Å². The van der Waals surface area contributed by atoms with Gasteiger partial charge in [-0.15, -0.1) is 11.3 Å². The number of halogens is 1. The van der Waals surface area contributed by atoms with Crippen LogP contribution < -0.4 is 0 Å². The monoisotopic (exact) mass is 240 g/mol. The summed E-state index contributed by atoms with van der Waals surface area (Å²) in [6.07, 6.45) is 0. The van der Waals surface area contributed by atoms with Crippen molar-refractivity contribution in [1.82, 2.24) is 0 Å². The summed E-state index contributed by atoms with van der Waals surface area (Å²) in [5.41, 5.74) is 1.11. The predicted octanol–water partition coefficient (Wildman–Crippen LogP) is 5.71. The lowest BCUT2D eigenvalue weighted by atomic mass is 10.2. The van der Waals surface area contributed by atoms with E-state index in [1.807, 2.05) is 59.7 Å². The molecule has 0 atom stereocenters. The lowest BCUT2D eigenvalue weighted by Gasteiger charge is -1.91. The molecule has 0 spiro atoms. The SMILES string of the molecule is CC.CC.Cc1ccc2sc(C)c(F)c2c1. The van der Waals surface area contributed by atoms with E-state index in [0.717, 1.165) is 20.5 Å². The number of hydrogen-bond acceptors (Lipinski definition) is 1. The van der Waals surface area contributed by atoms with E-state index in [0.29, 0.717) is 0 Å². The summed E-state index contributed by atoms with van der Waals surface area (Å²) in [7, 11) is 0. The molecule has 0 fully saturated rings. The molecule has 0 saturated heterocycles. The normalized spacial score (nSPS) is 8.94. The standard InChI is InChI=1S/C10H9FS.2C2H6/c1-6-3-4-9-8(5-6)10(11)7(2)12-9;2*1-2/h3-5H,1-2H3;2*1-2H3. The van der Waals surface area contributed by atoms with Gasteiger partial charge in [0.05, 0.1) is 0 Å². The van der Waals surface area contributed by atoms with Crippen LogP contribution in [0.2, 0.25) is 0 Å². The van der Waals surface area contributed by atoms with Gasteiger partial charge in [0.25, 0.3) is 0 Å². The summed E-state index contributed by atoms with van der Waals surface area (Å²) in [5.74, 6) is -0.0568. The Labute approximate surface area is 102 Å². The van der Waals surface area contributed by atoms with E-state index in [2.05, 4.69) is 0 Å². The van der Waals surface area contributed by atoms with Gasteiger partial charge >= 0.3 is 0 Å². The fourth-order valence-electron chi connectivity index (χ4n) is 1.30. The Morgan fingerprint density at radius 3 is 2.12 bits per heavy atom. The molecule has 1 aromatic heterocycles. The molecule has 0 bridgehead atoms. The molecule has 0 nitrogen and oxygen atoms in total. The molecule has 0 aliphatic heterocycles. The molecule has 0 aliphatic rings. The Morgan fingerprint density at radius 2 is 1.56 bits per heavy atom. The van der Waals surface area contributed by atoms with Gasteiger partial charge < -0.3 is 0 Å². The lowest BCUT2D eigenvalue weighted by Crippen LogP contribution is -1.73. The first-order valence-corrected chi connectivity index (χ1v) is 6.65. The quantitative estimate of drug-likeness (QED) is 0.553. The fourth-order valence-corrected chi connectivity index (χ4v) is 2.23. The van der Waals surface area contributed by atoms with Crippen LogP contribution in [-0.4, -0.2) is 0 Å². The van der Waals surface area contributed by atoms with Gasteiger partial charge in [-0.3, -0.25) is 0 Å². The first kappa shape index (κ1) is 15.1. The van der Waals surface area contributed by atoms with Crippen molar-refractivity contribution < 1.29 is 4.39 Å². The third-order valence-corrected chi connectivity index (χ3v) is 3.00. The van der Waals surface area contributed by atoms with E-state index in [1.165, 1.54) is 11.3 Å². The lowest BCUT2D eigenvalue weighted by molar-refractivity contribution is 0.636. The van der Waals surface area contributed by atoms with E-state index in [1.54, 1.807) is 0 Å². The Bertz CT molecular complexity index is 429. The molecule has 1 heterocycles. The van der Waals surface area contributed by atoms with Crippen LogP contribution in [0, 0.1) is 19.7 Å². The molecule has 0 amide bonds. The maximum Gasteiger partial charge on any atom is 0.144 e. The third kappa shape index (κ3) is 3.31. The zero-order valence-electron chi connectivity index (χ0n) is 11.0. The van der Waals surface area contributed by atoms with Crippen LogP contribution in [-0.2, 0) is 0 Å². The molecule has 90 valence electrons. The molecular weight excluding hydrogens is 219 g/mol. The smallest absolute Gasteiger partial charge is 0.144 e. The molecule has 0 unspecified atom stereocenters. The molecular formula is C14H21FS. The van der Waals surface area contributed by atoms with Gasteiger partial charge in [-0.2, -0.15) is 0 Å². The second-order valence-corrected chi connectivity index (χ2v) is 4.23. The Balaban J connectivity index is 0.000000509. The molecule has 2 heteroatoms. The van der Waals surface area contributed by atoms with Crippen molar-refractivity contribution in [2.45, 2.75) is 41.5 Å². The van der Waals surface area contributed by atoms with Crippen molar-refractivity contribution in [2.75, 3.05) is 0 Å². The number of benzene rings is 1. The van der Waals surface area contributed by atoms with Gasteiger partial charge in [0.2, 0.25) is 0 Å². The molecule has 0 aliphatic carbocycles. The highest BCUT2D eigenvalue weighted by Gasteiger charge is 2.07. The highest BCUT2D eigenvalue weighted by atomic mass is 32.1. The van der Waals surface area contributed by atoms with Crippen molar-refractivity contribution in [3.63, 3.8) is 0 Å². The maximum absolute atomic E-state index is 13.3. The molecule has 1 aromatic carbocycles. The molecule has 2 aromatic rings. The highest BCUT2D eigenvalue weighted by molar-refractivity contribution is 7.19.